The number of hydrogen-bond donors (Lipinski definition) is 0. The summed E-state index contributed by atoms with van der Waals surface area (Å²) in [4.78, 5) is 2.40. The van der Waals surface area contributed by atoms with Crippen molar-refractivity contribution in [2.75, 3.05) is 13.1 Å². The van der Waals surface area contributed by atoms with Crippen LogP contribution in [0.2, 0.25) is 0 Å². The van der Waals surface area contributed by atoms with E-state index in [-0.39, 0.29) is 0 Å². The van der Waals surface area contributed by atoms with E-state index in [2.05, 4.69) is 53.2 Å². The zero-order valence-corrected chi connectivity index (χ0v) is 12.2. The largest absolute Gasteiger partial charge is 0.424 e. The van der Waals surface area contributed by atoms with Crippen molar-refractivity contribution in [3.8, 4) is 0 Å². The number of aromatic nitrogens is 2. The number of hydrogen-bond acceptors (Lipinski definition) is 4. The van der Waals surface area contributed by atoms with Crippen LogP contribution in [-0.4, -0.2) is 28.2 Å². The molecule has 0 fully saturated rings. The molecule has 2 heterocycles. The zero-order chi connectivity index (χ0) is 13.9. The van der Waals surface area contributed by atoms with Gasteiger partial charge in [-0.15, -0.1) is 10.2 Å². The average Bonchev–Trinajstić information content (AvgIpc) is 2.82. The summed E-state index contributed by atoms with van der Waals surface area (Å²) in [6.07, 6.45) is 2.20. The zero-order valence-electron chi connectivity index (χ0n) is 12.2. The van der Waals surface area contributed by atoms with Gasteiger partial charge in [0.2, 0.25) is 11.8 Å². The maximum Gasteiger partial charge on any atom is 0.230 e. The van der Waals surface area contributed by atoms with Gasteiger partial charge in [-0.25, -0.2) is 0 Å². The van der Waals surface area contributed by atoms with E-state index >= 15 is 0 Å². The lowest BCUT2D eigenvalue weighted by atomic mass is 10.0. The molecule has 1 aromatic heterocycles. The number of rotatable bonds is 3. The SMILES string of the molecule is CC(C)c1nnc(CN2CCc3ccccc3CC2)o1. The number of fused-ring (bicyclic) bond motifs is 1. The van der Waals surface area contributed by atoms with Crippen LogP contribution in [-0.2, 0) is 19.4 Å². The van der Waals surface area contributed by atoms with E-state index in [0.29, 0.717) is 5.92 Å². The Hall–Kier alpha value is -1.68. The van der Waals surface area contributed by atoms with Gasteiger partial charge in [-0.3, -0.25) is 4.90 Å². The van der Waals surface area contributed by atoms with E-state index in [0.717, 1.165) is 44.3 Å². The Bertz CT molecular complexity index is 550. The second-order valence-corrected chi connectivity index (χ2v) is 5.73. The van der Waals surface area contributed by atoms with Gasteiger partial charge in [-0.2, -0.15) is 0 Å². The average molecular weight is 271 g/mol. The van der Waals surface area contributed by atoms with E-state index < -0.39 is 0 Å². The second-order valence-electron chi connectivity index (χ2n) is 5.73. The van der Waals surface area contributed by atoms with Crippen LogP contribution in [0.4, 0.5) is 0 Å². The molecule has 2 aromatic rings. The second kappa shape index (κ2) is 5.75. The molecule has 1 aliphatic heterocycles. The molecule has 0 spiro atoms. The van der Waals surface area contributed by atoms with Crippen LogP contribution in [0.25, 0.3) is 0 Å². The van der Waals surface area contributed by atoms with Gasteiger partial charge < -0.3 is 4.42 Å². The van der Waals surface area contributed by atoms with Crippen molar-refractivity contribution in [3.05, 3.63) is 47.2 Å². The summed E-state index contributed by atoms with van der Waals surface area (Å²) < 4.78 is 5.70. The van der Waals surface area contributed by atoms with Gasteiger partial charge in [0.05, 0.1) is 6.54 Å². The molecular weight excluding hydrogens is 250 g/mol. The molecule has 4 heteroatoms. The highest BCUT2D eigenvalue weighted by molar-refractivity contribution is 5.28. The number of benzene rings is 1. The summed E-state index contributed by atoms with van der Waals surface area (Å²) in [5.41, 5.74) is 2.95. The Labute approximate surface area is 119 Å². The van der Waals surface area contributed by atoms with Crippen LogP contribution < -0.4 is 0 Å². The maximum absolute atomic E-state index is 5.70. The molecule has 0 unspecified atom stereocenters. The predicted octanol–water partition coefficient (Wildman–Crippen LogP) is 2.79. The van der Waals surface area contributed by atoms with Crippen molar-refractivity contribution < 1.29 is 4.42 Å². The van der Waals surface area contributed by atoms with Crippen molar-refractivity contribution in [3.63, 3.8) is 0 Å². The van der Waals surface area contributed by atoms with Crippen molar-refractivity contribution in [2.45, 2.75) is 39.2 Å². The van der Waals surface area contributed by atoms with Gasteiger partial charge in [0, 0.05) is 19.0 Å². The van der Waals surface area contributed by atoms with Gasteiger partial charge in [0.15, 0.2) is 0 Å². The first-order valence-electron chi connectivity index (χ1n) is 7.34. The highest BCUT2D eigenvalue weighted by Crippen LogP contribution is 2.18. The third kappa shape index (κ3) is 2.90. The van der Waals surface area contributed by atoms with Crippen LogP contribution in [0.15, 0.2) is 28.7 Å². The first-order valence-corrected chi connectivity index (χ1v) is 7.34. The molecule has 1 aliphatic rings. The molecule has 0 saturated heterocycles. The molecule has 0 amide bonds. The maximum atomic E-state index is 5.70. The molecule has 0 atom stereocenters. The summed E-state index contributed by atoms with van der Waals surface area (Å²) in [6, 6.07) is 8.73. The Balaban J connectivity index is 1.65. The molecule has 4 nitrogen and oxygen atoms in total. The summed E-state index contributed by atoms with van der Waals surface area (Å²) in [5.74, 6) is 1.77. The molecule has 0 aliphatic carbocycles. The normalized spacial score (nSPS) is 16.1. The molecule has 20 heavy (non-hydrogen) atoms. The first-order chi connectivity index (χ1) is 9.72. The molecule has 0 N–H and O–H groups in total. The Kier molecular flexibility index (Phi) is 3.83. The fraction of sp³-hybridized carbons (Fsp3) is 0.500. The van der Waals surface area contributed by atoms with Crippen LogP contribution in [0.1, 0.15) is 42.7 Å². The van der Waals surface area contributed by atoms with Crippen molar-refractivity contribution >= 4 is 0 Å². The molecule has 0 saturated carbocycles. The quantitative estimate of drug-likeness (QED) is 0.861. The van der Waals surface area contributed by atoms with E-state index in [1.165, 1.54) is 11.1 Å². The highest BCUT2D eigenvalue weighted by Gasteiger charge is 2.17. The minimum atomic E-state index is 0.296. The third-order valence-corrected chi connectivity index (χ3v) is 3.85. The van der Waals surface area contributed by atoms with Crippen molar-refractivity contribution in [1.82, 2.24) is 15.1 Å². The first kappa shape index (κ1) is 13.3. The van der Waals surface area contributed by atoms with Gasteiger partial charge in [-0.1, -0.05) is 38.1 Å². The van der Waals surface area contributed by atoms with Gasteiger partial charge in [-0.05, 0) is 24.0 Å². The van der Waals surface area contributed by atoms with Crippen LogP contribution in [0.5, 0.6) is 0 Å². The third-order valence-electron chi connectivity index (χ3n) is 3.85. The lowest BCUT2D eigenvalue weighted by Crippen LogP contribution is -2.26. The molecule has 0 bridgehead atoms. The standard InChI is InChI=1S/C16H21N3O/c1-12(2)16-18-17-15(20-16)11-19-9-7-13-5-3-4-6-14(13)8-10-19/h3-6,12H,7-11H2,1-2H3. The fourth-order valence-electron chi connectivity index (χ4n) is 2.63. The van der Waals surface area contributed by atoms with Gasteiger partial charge in [0.1, 0.15) is 0 Å². The van der Waals surface area contributed by atoms with Crippen molar-refractivity contribution in [1.29, 1.82) is 0 Å². The van der Waals surface area contributed by atoms with E-state index in [1.54, 1.807) is 0 Å². The van der Waals surface area contributed by atoms with E-state index in [1.807, 2.05) is 0 Å². The smallest absolute Gasteiger partial charge is 0.230 e. The topological polar surface area (TPSA) is 42.2 Å². The lowest BCUT2D eigenvalue weighted by Gasteiger charge is -2.16. The Morgan fingerprint density at radius 1 is 1.10 bits per heavy atom. The monoisotopic (exact) mass is 271 g/mol. The minimum Gasteiger partial charge on any atom is -0.424 e. The van der Waals surface area contributed by atoms with Crippen LogP contribution >= 0.6 is 0 Å². The van der Waals surface area contributed by atoms with Crippen LogP contribution in [0.3, 0.4) is 0 Å². The molecule has 1 aromatic carbocycles. The molecule has 0 radical (unpaired) electrons. The Morgan fingerprint density at radius 3 is 2.30 bits per heavy atom. The van der Waals surface area contributed by atoms with Gasteiger partial charge in [0.25, 0.3) is 0 Å². The van der Waals surface area contributed by atoms with Crippen molar-refractivity contribution in [2.24, 2.45) is 0 Å². The van der Waals surface area contributed by atoms with Gasteiger partial charge >= 0.3 is 0 Å². The highest BCUT2D eigenvalue weighted by atomic mass is 16.4. The lowest BCUT2D eigenvalue weighted by molar-refractivity contribution is 0.246. The summed E-state index contributed by atoms with van der Waals surface area (Å²) >= 11 is 0. The van der Waals surface area contributed by atoms with Crippen LogP contribution in [0, 0.1) is 0 Å². The summed E-state index contributed by atoms with van der Waals surface area (Å²) in [7, 11) is 0. The summed E-state index contributed by atoms with van der Waals surface area (Å²) in [5, 5.41) is 8.25. The Morgan fingerprint density at radius 2 is 1.75 bits per heavy atom. The minimum absolute atomic E-state index is 0.296. The molecular formula is C16H21N3O. The number of nitrogens with zero attached hydrogens (tertiary/aromatic N) is 3. The molecule has 106 valence electrons. The van der Waals surface area contributed by atoms with E-state index in [4.69, 9.17) is 4.42 Å². The molecule has 3 rings (SSSR count). The van der Waals surface area contributed by atoms with E-state index in [9.17, 15) is 0 Å². The predicted molar refractivity (Wildman–Crippen MR) is 77.5 cm³/mol. The summed E-state index contributed by atoms with van der Waals surface area (Å²) in [6.45, 7) is 7.00. The fourth-order valence-corrected chi connectivity index (χ4v) is 2.63.